The summed E-state index contributed by atoms with van der Waals surface area (Å²) in [5.74, 6) is 0.425. The highest BCUT2D eigenvalue weighted by atomic mass is 14.9. The Bertz CT molecular complexity index is 127. The lowest BCUT2D eigenvalue weighted by molar-refractivity contribution is 0.300. The molecule has 0 aliphatic rings. The first-order valence-electron chi connectivity index (χ1n) is 6.06. The van der Waals surface area contributed by atoms with Crippen molar-refractivity contribution in [2.24, 2.45) is 17.4 Å². The topological polar surface area (TPSA) is 52.0 Å². The zero-order chi connectivity index (χ0) is 11.0. The number of hydrogen-bond donors (Lipinski definition) is 2. The SMILES string of the molecule is CCCCCCCCC(C)C(C)(N)N. The molecule has 0 amide bonds. The Hall–Kier alpha value is -0.0800. The van der Waals surface area contributed by atoms with Crippen molar-refractivity contribution < 1.29 is 0 Å². The van der Waals surface area contributed by atoms with E-state index >= 15 is 0 Å². The molecule has 0 rings (SSSR count). The largest absolute Gasteiger partial charge is 0.314 e. The molecule has 4 N–H and O–H groups in total. The van der Waals surface area contributed by atoms with E-state index in [0.717, 1.165) is 6.42 Å². The summed E-state index contributed by atoms with van der Waals surface area (Å²) in [4.78, 5) is 0. The van der Waals surface area contributed by atoms with Crippen molar-refractivity contribution in [3.8, 4) is 0 Å². The first-order chi connectivity index (χ1) is 6.48. The molecule has 0 aliphatic carbocycles. The maximum atomic E-state index is 5.82. The van der Waals surface area contributed by atoms with Gasteiger partial charge in [-0.1, -0.05) is 52.4 Å². The van der Waals surface area contributed by atoms with Crippen molar-refractivity contribution >= 4 is 0 Å². The predicted octanol–water partition coefficient (Wildman–Crippen LogP) is 3.01. The lowest BCUT2D eigenvalue weighted by Gasteiger charge is -2.26. The molecule has 0 fully saturated rings. The van der Waals surface area contributed by atoms with Gasteiger partial charge in [-0.05, 0) is 19.3 Å². The summed E-state index contributed by atoms with van der Waals surface area (Å²) < 4.78 is 0. The summed E-state index contributed by atoms with van der Waals surface area (Å²) in [6, 6.07) is 0. The summed E-state index contributed by atoms with van der Waals surface area (Å²) in [6.45, 7) is 6.30. The van der Waals surface area contributed by atoms with Crippen LogP contribution in [0.25, 0.3) is 0 Å². The predicted molar refractivity (Wildman–Crippen MR) is 63.9 cm³/mol. The first kappa shape index (κ1) is 13.9. The molecular weight excluding hydrogens is 172 g/mol. The van der Waals surface area contributed by atoms with Gasteiger partial charge in [-0.2, -0.15) is 0 Å². The molecule has 0 aromatic carbocycles. The minimum Gasteiger partial charge on any atom is -0.314 e. The molecule has 2 nitrogen and oxygen atoms in total. The normalized spacial score (nSPS) is 14.4. The molecule has 0 heterocycles. The zero-order valence-corrected chi connectivity index (χ0v) is 10.2. The molecule has 0 bridgehead atoms. The average Bonchev–Trinajstić information content (AvgIpc) is 2.09. The van der Waals surface area contributed by atoms with E-state index < -0.39 is 5.66 Å². The van der Waals surface area contributed by atoms with Crippen molar-refractivity contribution in [1.29, 1.82) is 0 Å². The standard InChI is InChI=1S/C12H28N2/c1-4-5-6-7-8-9-10-11(2)12(3,13)14/h11H,4-10,13-14H2,1-3H3. The summed E-state index contributed by atoms with van der Waals surface area (Å²) >= 11 is 0. The molecule has 0 saturated heterocycles. The van der Waals surface area contributed by atoms with E-state index in [4.69, 9.17) is 11.5 Å². The van der Waals surface area contributed by atoms with E-state index in [1.54, 1.807) is 0 Å². The first-order valence-corrected chi connectivity index (χ1v) is 6.06. The second kappa shape index (κ2) is 7.24. The second-order valence-electron chi connectivity index (χ2n) is 4.82. The Labute approximate surface area is 89.4 Å². The molecule has 0 spiro atoms. The Morgan fingerprint density at radius 2 is 1.50 bits per heavy atom. The van der Waals surface area contributed by atoms with Crippen LogP contribution in [0.15, 0.2) is 0 Å². The highest BCUT2D eigenvalue weighted by Gasteiger charge is 2.19. The van der Waals surface area contributed by atoms with Gasteiger partial charge < -0.3 is 11.5 Å². The van der Waals surface area contributed by atoms with Crippen molar-refractivity contribution in [3.05, 3.63) is 0 Å². The van der Waals surface area contributed by atoms with Crippen molar-refractivity contribution in [1.82, 2.24) is 0 Å². The van der Waals surface area contributed by atoms with Gasteiger partial charge in [-0.15, -0.1) is 0 Å². The highest BCUT2D eigenvalue weighted by molar-refractivity contribution is 4.76. The third-order valence-corrected chi connectivity index (χ3v) is 3.05. The molecule has 1 atom stereocenters. The maximum Gasteiger partial charge on any atom is 0.0633 e. The maximum absolute atomic E-state index is 5.82. The van der Waals surface area contributed by atoms with Crippen LogP contribution in [0, 0.1) is 5.92 Å². The Balaban J connectivity index is 3.28. The highest BCUT2D eigenvalue weighted by Crippen LogP contribution is 2.17. The van der Waals surface area contributed by atoms with Crippen LogP contribution in [0.3, 0.4) is 0 Å². The minimum atomic E-state index is -0.497. The van der Waals surface area contributed by atoms with Crippen LogP contribution in [0.1, 0.15) is 65.7 Å². The van der Waals surface area contributed by atoms with E-state index in [1.807, 2.05) is 6.92 Å². The zero-order valence-electron chi connectivity index (χ0n) is 10.2. The van der Waals surface area contributed by atoms with Gasteiger partial charge in [0.25, 0.3) is 0 Å². The fraction of sp³-hybridized carbons (Fsp3) is 1.00. The number of nitrogens with two attached hydrogens (primary N) is 2. The monoisotopic (exact) mass is 200 g/mol. The lowest BCUT2D eigenvalue weighted by Crippen LogP contribution is -2.51. The summed E-state index contributed by atoms with van der Waals surface area (Å²) in [6.07, 6.45) is 9.21. The van der Waals surface area contributed by atoms with Crippen LogP contribution in [0.5, 0.6) is 0 Å². The van der Waals surface area contributed by atoms with Gasteiger partial charge in [0.1, 0.15) is 0 Å². The quantitative estimate of drug-likeness (QED) is 0.467. The Kier molecular flexibility index (Phi) is 7.20. The third-order valence-electron chi connectivity index (χ3n) is 3.05. The average molecular weight is 200 g/mol. The number of unbranched alkanes of at least 4 members (excludes halogenated alkanes) is 5. The molecular formula is C12H28N2. The molecule has 0 saturated carbocycles. The van der Waals surface area contributed by atoms with Crippen LogP contribution < -0.4 is 11.5 Å². The van der Waals surface area contributed by atoms with Gasteiger partial charge in [0.05, 0.1) is 5.66 Å². The fourth-order valence-electron chi connectivity index (χ4n) is 1.54. The lowest BCUT2D eigenvalue weighted by atomic mass is 9.92. The summed E-state index contributed by atoms with van der Waals surface area (Å²) in [5.41, 5.74) is 11.1. The molecule has 1 unspecified atom stereocenters. The fourth-order valence-corrected chi connectivity index (χ4v) is 1.54. The summed E-state index contributed by atoms with van der Waals surface area (Å²) in [7, 11) is 0. The van der Waals surface area contributed by atoms with Crippen LogP contribution >= 0.6 is 0 Å². The molecule has 0 aromatic heterocycles. The van der Waals surface area contributed by atoms with E-state index in [0.29, 0.717) is 5.92 Å². The molecule has 0 radical (unpaired) electrons. The summed E-state index contributed by atoms with van der Waals surface area (Å²) in [5, 5.41) is 0. The molecule has 14 heavy (non-hydrogen) atoms. The van der Waals surface area contributed by atoms with Crippen molar-refractivity contribution in [3.63, 3.8) is 0 Å². The molecule has 2 heteroatoms. The van der Waals surface area contributed by atoms with E-state index in [9.17, 15) is 0 Å². The molecule has 0 aliphatic heterocycles. The van der Waals surface area contributed by atoms with Gasteiger partial charge in [-0.3, -0.25) is 0 Å². The van der Waals surface area contributed by atoms with E-state index in [1.165, 1.54) is 38.5 Å². The van der Waals surface area contributed by atoms with Crippen molar-refractivity contribution in [2.75, 3.05) is 0 Å². The Morgan fingerprint density at radius 3 is 2.00 bits per heavy atom. The second-order valence-corrected chi connectivity index (χ2v) is 4.82. The number of rotatable bonds is 8. The molecule has 0 aromatic rings. The van der Waals surface area contributed by atoms with Gasteiger partial charge in [0, 0.05) is 0 Å². The Morgan fingerprint density at radius 1 is 1.00 bits per heavy atom. The van der Waals surface area contributed by atoms with Crippen LogP contribution in [0.2, 0.25) is 0 Å². The van der Waals surface area contributed by atoms with Crippen LogP contribution in [-0.2, 0) is 0 Å². The van der Waals surface area contributed by atoms with Crippen LogP contribution in [-0.4, -0.2) is 5.66 Å². The van der Waals surface area contributed by atoms with E-state index in [-0.39, 0.29) is 0 Å². The van der Waals surface area contributed by atoms with E-state index in [2.05, 4.69) is 13.8 Å². The third kappa shape index (κ3) is 7.34. The van der Waals surface area contributed by atoms with Gasteiger partial charge in [-0.25, -0.2) is 0 Å². The van der Waals surface area contributed by atoms with Gasteiger partial charge >= 0.3 is 0 Å². The van der Waals surface area contributed by atoms with Gasteiger partial charge in [0.15, 0.2) is 0 Å². The minimum absolute atomic E-state index is 0.425. The molecule has 86 valence electrons. The van der Waals surface area contributed by atoms with Gasteiger partial charge in [0.2, 0.25) is 0 Å². The smallest absolute Gasteiger partial charge is 0.0633 e. The van der Waals surface area contributed by atoms with Crippen LogP contribution in [0.4, 0.5) is 0 Å². The van der Waals surface area contributed by atoms with Crippen molar-refractivity contribution in [2.45, 2.75) is 71.4 Å². The number of hydrogen-bond acceptors (Lipinski definition) is 2.